The van der Waals surface area contributed by atoms with Crippen LogP contribution in [-0.2, 0) is 0 Å². The van der Waals surface area contributed by atoms with Gasteiger partial charge in [0.05, 0.1) is 13.3 Å². The fourth-order valence-electron chi connectivity index (χ4n) is 1.26. The minimum Gasteiger partial charge on any atom is -0.506 e. The van der Waals surface area contributed by atoms with E-state index in [4.69, 9.17) is 4.74 Å². The summed E-state index contributed by atoms with van der Waals surface area (Å²) in [6.45, 7) is 0. The maximum Gasteiger partial charge on any atom is 0.212 e. The van der Waals surface area contributed by atoms with Crippen LogP contribution < -0.4 is 4.74 Å². The van der Waals surface area contributed by atoms with Crippen LogP contribution >= 0.6 is 0 Å². The van der Waals surface area contributed by atoms with E-state index in [1.54, 1.807) is 31.6 Å². The molecule has 4 heteroatoms. The molecular formula is C11H10N2O2. The predicted octanol–water partition coefficient (Wildman–Crippen LogP) is 1.86. The maximum absolute atomic E-state index is 9.27. The lowest BCUT2D eigenvalue weighted by Gasteiger charge is -2.02. The lowest BCUT2D eigenvalue weighted by Crippen LogP contribution is -1.87. The van der Waals surface area contributed by atoms with E-state index in [0.717, 1.165) is 11.1 Å². The van der Waals surface area contributed by atoms with Crippen molar-refractivity contribution in [3.8, 4) is 22.8 Å². The molecule has 0 aliphatic rings. The van der Waals surface area contributed by atoms with Crippen LogP contribution in [0.15, 0.2) is 36.8 Å². The molecule has 15 heavy (non-hydrogen) atoms. The Labute approximate surface area is 87.2 Å². The van der Waals surface area contributed by atoms with Gasteiger partial charge in [0.1, 0.15) is 5.75 Å². The number of aromatic nitrogens is 2. The van der Waals surface area contributed by atoms with Crippen molar-refractivity contribution >= 4 is 0 Å². The molecule has 0 fully saturated rings. The summed E-state index contributed by atoms with van der Waals surface area (Å²) in [5.41, 5.74) is 1.71. The first kappa shape index (κ1) is 9.45. The van der Waals surface area contributed by atoms with Crippen molar-refractivity contribution in [3.63, 3.8) is 0 Å². The van der Waals surface area contributed by atoms with E-state index in [1.807, 2.05) is 6.07 Å². The van der Waals surface area contributed by atoms with Crippen molar-refractivity contribution < 1.29 is 9.84 Å². The zero-order valence-corrected chi connectivity index (χ0v) is 8.21. The number of aromatic hydroxyl groups is 1. The van der Waals surface area contributed by atoms with E-state index >= 15 is 0 Å². The van der Waals surface area contributed by atoms with Crippen LogP contribution in [0.1, 0.15) is 0 Å². The molecule has 2 rings (SSSR count). The molecule has 0 aliphatic heterocycles. The molecule has 0 spiro atoms. The standard InChI is InChI=1S/C11H10N2O2/c1-15-11-3-2-8(6-13-11)9-4-10(14)7-12-5-9/h2-7,14H,1H3. The molecule has 0 aromatic carbocycles. The molecule has 0 amide bonds. The Kier molecular flexibility index (Phi) is 2.49. The number of rotatable bonds is 2. The predicted molar refractivity (Wildman–Crippen MR) is 55.7 cm³/mol. The summed E-state index contributed by atoms with van der Waals surface area (Å²) in [5, 5.41) is 9.27. The van der Waals surface area contributed by atoms with Crippen molar-refractivity contribution in [1.29, 1.82) is 0 Å². The molecule has 2 aromatic rings. The molecule has 0 bridgehead atoms. The molecule has 1 N–H and O–H groups in total. The van der Waals surface area contributed by atoms with Gasteiger partial charge in [-0.2, -0.15) is 0 Å². The van der Waals surface area contributed by atoms with Crippen molar-refractivity contribution in [2.24, 2.45) is 0 Å². The molecule has 0 unspecified atom stereocenters. The smallest absolute Gasteiger partial charge is 0.212 e. The minimum absolute atomic E-state index is 0.142. The van der Waals surface area contributed by atoms with Gasteiger partial charge >= 0.3 is 0 Å². The van der Waals surface area contributed by atoms with E-state index in [0.29, 0.717) is 5.88 Å². The SMILES string of the molecule is COc1ccc(-c2cncc(O)c2)cn1. The first-order chi connectivity index (χ1) is 7.29. The normalized spacial score (nSPS) is 9.93. The van der Waals surface area contributed by atoms with Gasteiger partial charge in [-0.3, -0.25) is 4.98 Å². The zero-order valence-electron chi connectivity index (χ0n) is 8.21. The van der Waals surface area contributed by atoms with Gasteiger partial charge in [-0.15, -0.1) is 0 Å². The molecule has 0 atom stereocenters. The molecule has 2 aromatic heterocycles. The molecule has 4 nitrogen and oxygen atoms in total. The van der Waals surface area contributed by atoms with Crippen LogP contribution in [0.5, 0.6) is 11.6 Å². The van der Waals surface area contributed by atoms with Crippen LogP contribution in [0.2, 0.25) is 0 Å². The van der Waals surface area contributed by atoms with Gasteiger partial charge in [-0.1, -0.05) is 0 Å². The highest BCUT2D eigenvalue weighted by atomic mass is 16.5. The second-order valence-corrected chi connectivity index (χ2v) is 3.02. The van der Waals surface area contributed by atoms with E-state index in [9.17, 15) is 5.11 Å². The molecule has 0 radical (unpaired) electrons. The first-order valence-electron chi connectivity index (χ1n) is 4.44. The van der Waals surface area contributed by atoms with Crippen molar-refractivity contribution in [2.75, 3.05) is 7.11 Å². The van der Waals surface area contributed by atoms with Gasteiger partial charge in [-0.05, 0) is 12.1 Å². The van der Waals surface area contributed by atoms with Gasteiger partial charge in [0.25, 0.3) is 0 Å². The van der Waals surface area contributed by atoms with Crippen molar-refractivity contribution in [1.82, 2.24) is 9.97 Å². The van der Waals surface area contributed by atoms with E-state index in [1.165, 1.54) is 6.20 Å². The topological polar surface area (TPSA) is 55.2 Å². The molecule has 76 valence electrons. The highest BCUT2D eigenvalue weighted by Crippen LogP contribution is 2.22. The Morgan fingerprint density at radius 3 is 2.60 bits per heavy atom. The highest BCUT2D eigenvalue weighted by molar-refractivity contribution is 5.62. The summed E-state index contributed by atoms with van der Waals surface area (Å²) in [6, 6.07) is 5.26. The molecule has 0 saturated carbocycles. The van der Waals surface area contributed by atoms with Gasteiger partial charge in [0.15, 0.2) is 0 Å². The van der Waals surface area contributed by atoms with Gasteiger partial charge in [0.2, 0.25) is 5.88 Å². The Hall–Kier alpha value is -2.10. The zero-order chi connectivity index (χ0) is 10.7. The molecule has 2 heterocycles. The second-order valence-electron chi connectivity index (χ2n) is 3.02. The van der Waals surface area contributed by atoms with Crippen molar-refractivity contribution in [2.45, 2.75) is 0 Å². The number of hydrogen-bond donors (Lipinski definition) is 1. The lowest BCUT2D eigenvalue weighted by molar-refractivity contribution is 0.398. The van der Waals surface area contributed by atoms with Crippen LogP contribution in [0.25, 0.3) is 11.1 Å². The van der Waals surface area contributed by atoms with Gasteiger partial charge in [-0.25, -0.2) is 4.98 Å². The Balaban J connectivity index is 2.37. The summed E-state index contributed by atoms with van der Waals surface area (Å²) in [6.07, 6.45) is 4.74. The van der Waals surface area contributed by atoms with E-state index in [-0.39, 0.29) is 5.75 Å². The average molecular weight is 202 g/mol. The minimum atomic E-state index is 0.142. The lowest BCUT2D eigenvalue weighted by atomic mass is 10.1. The third-order valence-corrected chi connectivity index (χ3v) is 2.00. The quantitative estimate of drug-likeness (QED) is 0.807. The molecule has 0 aliphatic carbocycles. The third kappa shape index (κ3) is 2.04. The molecule has 0 saturated heterocycles. The van der Waals surface area contributed by atoms with Crippen LogP contribution in [-0.4, -0.2) is 22.2 Å². The third-order valence-electron chi connectivity index (χ3n) is 2.00. The van der Waals surface area contributed by atoms with Gasteiger partial charge < -0.3 is 9.84 Å². The van der Waals surface area contributed by atoms with Crippen LogP contribution in [0.3, 0.4) is 0 Å². The van der Waals surface area contributed by atoms with Gasteiger partial charge in [0, 0.05) is 29.6 Å². The average Bonchev–Trinajstić information content (AvgIpc) is 2.29. The van der Waals surface area contributed by atoms with Crippen molar-refractivity contribution in [3.05, 3.63) is 36.8 Å². The fourth-order valence-corrected chi connectivity index (χ4v) is 1.26. The summed E-state index contributed by atoms with van der Waals surface area (Å²) < 4.78 is 4.95. The fraction of sp³-hybridized carbons (Fsp3) is 0.0909. The van der Waals surface area contributed by atoms with E-state index in [2.05, 4.69) is 9.97 Å². The molecular weight excluding hydrogens is 192 g/mol. The summed E-state index contributed by atoms with van der Waals surface area (Å²) in [5.74, 6) is 0.704. The Bertz CT molecular complexity index is 454. The second kappa shape index (κ2) is 3.96. The first-order valence-corrected chi connectivity index (χ1v) is 4.44. The maximum atomic E-state index is 9.27. The number of nitrogens with zero attached hydrogens (tertiary/aromatic N) is 2. The van der Waals surface area contributed by atoms with Crippen LogP contribution in [0, 0.1) is 0 Å². The number of pyridine rings is 2. The number of hydrogen-bond acceptors (Lipinski definition) is 4. The number of methoxy groups -OCH3 is 1. The van der Waals surface area contributed by atoms with Crippen LogP contribution in [0.4, 0.5) is 0 Å². The Morgan fingerprint density at radius 2 is 2.00 bits per heavy atom. The monoisotopic (exact) mass is 202 g/mol. The summed E-state index contributed by atoms with van der Waals surface area (Å²) >= 11 is 0. The summed E-state index contributed by atoms with van der Waals surface area (Å²) in [7, 11) is 1.57. The highest BCUT2D eigenvalue weighted by Gasteiger charge is 2.00. The van der Waals surface area contributed by atoms with E-state index < -0.39 is 0 Å². The summed E-state index contributed by atoms with van der Waals surface area (Å²) in [4.78, 5) is 7.97. The number of ether oxygens (including phenoxy) is 1. The largest absolute Gasteiger partial charge is 0.506 e. The Morgan fingerprint density at radius 1 is 1.13 bits per heavy atom.